The maximum Gasteiger partial charge on any atom is 0.308 e. The normalized spacial score (nSPS) is 13.4. The van der Waals surface area contributed by atoms with Gasteiger partial charge in [0.05, 0.1) is 5.75 Å². The molecule has 6 heteroatoms. The zero-order chi connectivity index (χ0) is 19.3. The van der Waals surface area contributed by atoms with Gasteiger partial charge >= 0.3 is 10.1 Å². The zero-order valence-corrected chi connectivity index (χ0v) is 17.0. The van der Waals surface area contributed by atoms with E-state index in [9.17, 15) is 13.2 Å². The van der Waals surface area contributed by atoms with Crippen LogP contribution >= 0.6 is 0 Å². The second-order valence-corrected chi connectivity index (χ2v) is 9.41. The van der Waals surface area contributed by atoms with Crippen molar-refractivity contribution in [1.29, 1.82) is 0 Å². The molecule has 1 amide bonds. The van der Waals surface area contributed by atoms with Gasteiger partial charge in [0.1, 0.15) is 5.75 Å². The fourth-order valence-corrected chi connectivity index (χ4v) is 2.91. The number of carbonyl (C=O) groups is 1. The molecule has 0 saturated carbocycles. The Morgan fingerprint density at radius 2 is 1.80 bits per heavy atom. The van der Waals surface area contributed by atoms with Gasteiger partial charge in [0.15, 0.2) is 0 Å². The Bertz CT molecular complexity index is 677. The average molecular weight is 370 g/mol. The van der Waals surface area contributed by atoms with Gasteiger partial charge in [-0.1, -0.05) is 45.9 Å². The number of nitrogens with zero attached hydrogens (tertiary/aromatic N) is 1. The second kappa shape index (κ2) is 8.70. The monoisotopic (exact) mass is 369 g/mol. The van der Waals surface area contributed by atoms with Gasteiger partial charge in [-0.15, -0.1) is 0 Å². The van der Waals surface area contributed by atoms with Crippen molar-refractivity contribution in [1.82, 2.24) is 4.90 Å². The Morgan fingerprint density at radius 1 is 1.20 bits per heavy atom. The molecular weight excluding hydrogens is 338 g/mol. The number of hydrogen-bond acceptors (Lipinski definition) is 4. The van der Waals surface area contributed by atoms with Crippen molar-refractivity contribution in [3.05, 3.63) is 29.8 Å². The van der Waals surface area contributed by atoms with Crippen molar-refractivity contribution in [3.63, 3.8) is 0 Å². The van der Waals surface area contributed by atoms with Crippen molar-refractivity contribution in [2.75, 3.05) is 5.75 Å². The molecular formula is C19H31NO4S. The Morgan fingerprint density at radius 3 is 2.32 bits per heavy atom. The first-order chi connectivity index (χ1) is 11.5. The lowest BCUT2D eigenvalue weighted by atomic mass is 9.91. The van der Waals surface area contributed by atoms with Crippen LogP contribution in [0.3, 0.4) is 0 Å². The molecule has 1 atom stereocenters. The SMILES string of the molecule is CC[C@H](C)N(Cc1ccccc1OS(=O)(=O)CC)C(=O)CC(C)(C)C. The van der Waals surface area contributed by atoms with Crippen LogP contribution in [0, 0.1) is 5.41 Å². The van der Waals surface area contributed by atoms with Crippen LogP contribution in [0.15, 0.2) is 24.3 Å². The van der Waals surface area contributed by atoms with Crippen molar-refractivity contribution in [2.45, 2.75) is 67.0 Å². The number of rotatable bonds is 8. The lowest BCUT2D eigenvalue weighted by Gasteiger charge is -2.32. The van der Waals surface area contributed by atoms with Crippen LogP contribution < -0.4 is 4.18 Å². The molecule has 1 aromatic carbocycles. The molecule has 0 aliphatic rings. The summed E-state index contributed by atoms with van der Waals surface area (Å²) in [5.41, 5.74) is 0.590. The van der Waals surface area contributed by atoms with Gasteiger partial charge < -0.3 is 9.08 Å². The van der Waals surface area contributed by atoms with Gasteiger partial charge in [-0.25, -0.2) is 0 Å². The van der Waals surface area contributed by atoms with E-state index in [1.165, 1.54) is 6.92 Å². The molecule has 0 heterocycles. The van der Waals surface area contributed by atoms with E-state index in [0.29, 0.717) is 24.3 Å². The molecule has 1 rings (SSSR count). The molecule has 1 aromatic rings. The number of benzene rings is 1. The van der Waals surface area contributed by atoms with E-state index in [0.717, 1.165) is 6.42 Å². The van der Waals surface area contributed by atoms with Gasteiger partial charge in [-0.3, -0.25) is 4.79 Å². The number of carbonyl (C=O) groups excluding carboxylic acids is 1. The molecule has 25 heavy (non-hydrogen) atoms. The van der Waals surface area contributed by atoms with E-state index >= 15 is 0 Å². The van der Waals surface area contributed by atoms with Crippen molar-refractivity contribution in [3.8, 4) is 5.75 Å². The number of hydrogen-bond donors (Lipinski definition) is 0. The third-order valence-electron chi connectivity index (χ3n) is 4.01. The fourth-order valence-electron chi connectivity index (χ4n) is 2.36. The number of para-hydroxylation sites is 1. The lowest BCUT2D eigenvalue weighted by molar-refractivity contribution is -0.135. The van der Waals surface area contributed by atoms with Crippen LogP contribution in [0.2, 0.25) is 0 Å². The maximum absolute atomic E-state index is 12.8. The highest BCUT2D eigenvalue weighted by Gasteiger charge is 2.25. The zero-order valence-electron chi connectivity index (χ0n) is 16.2. The van der Waals surface area contributed by atoms with E-state index in [4.69, 9.17) is 4.18 Å². The molecule has 5 nitrogen and oxygen atoms in total. The molecule has 0 aliphatic heterocycles. The van der Waals surface area contributed by atoms with Crippen LogP contribution in [0.1, 0.15) is 59.9 Å². The lowest BCUT2D eigenvalue weighted by Crippen LogP contribution is -2.39. The molecule has 0 N–H and O–H groups in total. The van der Waals surface area contributed by atoms with Gasteiger partial charge in [-0.2, -0.15) is 8.42 Å². The highest BCUT2D eigenvalue weighted by Crippen LogP contribution is 2.26. The smallest absolute Gasteiger partial charge is 0.308 e. The van der Waals surface area contributed by atoms with Gasteiger partial charge in [0.2, 0.25) is 5.91 Å². The largest absolute Gasteiger partial charge is 0.382 e. The standard InChI is InChI=1S/C19H31NO4S/c1-7-15(3)20(18(21)13-19(4,5)6)14-16-11-9-10-12-17(16)24-25(22,23)8-2/h9-12,15H,7-8,13-14H2,1-6H3/t15-/m0/s1. The Balaban J connectivity index is 3.11. The van der Waals surface area contributed by atoms with Crippen molar-refractivity contribution < 1.29 is 17.4 Å². The predicted molar refractivity (Wildman–Crippen MR) is 101 cm³/mol. The molecule has 0 saturated heterocycles. The summed E-state index contributed by atoms with van der Waals surface area (Å²) in [5.74, 6) is 0.260. The minimum Gasteiger partial charge on any atom is -0.382 e. The summed E-state index contributed by atoms with van der Waals surface area (Å²) in [6.45, 7) is 12.0. The maximum atomic E-state index is 12.8. The van der Waals surface area contributed by atoms with Gasteiger partial charge in [0.25, 0.3) is 0 Å². The third kappa shape index (κ3) is 7.06. The molecule has 0 radical (unpaired) electrons. The minimum absolute atomic E-state index is 0.0608. The molecule has 0 spiro atoms. The Kier molecular flexibility index (Phi) is 7.47. The second-order valence-electron chi connectivity index (χ2n) is 7.55. The van der Waals surface area contributed by atoms with Crippen LogP contribution in [-0.4, -0.2) is 31.0 Å². The molecule has 0 aliphatic carbocycles. The summed E-state index contributed by atoms with van der Waals surface area (Å²) >= 11 is 0. The first-order valence-corrected chi connectivity index (χ1v) is 10.4. The molecule has 0 unspecified atom stereocenters. The summed E-state index contributed by atoms with van der Waals surface area (Å²) in [4.78, 5) is 14.6. The Hall–Kier alpha value is -1.56. The topological polar surface area (TPSA) is 63.7 Å². The number of amides is 1. The van der Waals surface area contributed by atoms with Crippen LogP contribution in [0.5, 0.6) is 5.75 Å². The van der Waals surface area contributed by atoms with Crippen molar-refractivity contribution >= 4 is 16.0 Å². The van der Waals surface area contributed by atoms with E-state index in [1.54, 1.807) is 18.2 Å². The molecule has 142 valence electrons. The Labute approximate surface area is 152 Å². The summed E-state index contributed by atoms with van der Waals surface area (Å²) in [6, 6.07) is 7.05. The molecule has 0 aromatic heterocycles. The average Bonchev–Trinajstić information content (AvgIpc) is 2.51. The van der Waals surface area contributed by atoms with Crippen LogP contribution in [0.4, 0.5) is 0 Å². The van der Waals surface area contributed by atoms with E-state index in [-0.39, 0.29) is 23.1 Å². The van der Waals surface area contributed by atoms with E-state index in [2.05, 4.69) is 0 Å². The highest BCUT2D eigenvalue weighted by molar-refractivity contribution is 7.87. The molecule has 0 bridgehead atoms. The quantitative estimate of drug-likeness (QED) is 0.650. The van der Waals surface area contributed by atoms with Crippen molar-refractivity contribution in [2.24, 2.45) is 5.41 Å². The first-order valence-electron chi connectivity index (χ1n) is 8.78. The summed E-state index contributed by atoms with van der Waals surface area (Å²) in [7, 11) is -3.61. The summed E-state index contributed by atoms with van der Waals surface area (Å²) in [5, 5.41) is 0. The van der Waals surface area contributed by atoms with Gasteiger partial charge in [-0.05, 0) is 31.7 Å². The van der Waals surface area contributed by atoms with Gasteiger partial charge in [0, 0.05) is 24.6 Å². The van der Waals surface area contributed by atoms with Crippen LogP contribution in [-0.2, 0) is 21.5 Å². The predicted octanol–water partition coefficient (Wildman–Crippen LogP) is 3.98. The summed E-state index contributed by atoms with van der Waals surface area (Å²) in [6.07, 6.45) is 1.26. The fraction of sp³-hybridized carbons (Fsp3) is 0.632. The summed E-state index contributed by atoms with van der Waals surface area (Å²) < 4.78 is 28.8. The van der Waals surface area contributed by atoms with Crippen LogP contribution in [0.25, 0.3) is 0 Å². The molecule has 0 fully saturated rings. The minimum atomic E-state index is -3.61. The highest BCUT2D eigenvalue weighted by atomic mass is 32.2. The third-order valence-corrected chi connectivity index (χ3v) is 5.15. The van der Waals surface area contributed by atoms with E-state index < -0.39 is 10.1 Å². The first kappa shape index (κ1) is 21.5. The van der Waals surface area contributed by atoms with E-state index in [1.807, 2.05) is 45.6 Å².